The molecule has 0 saturated carbocycles. The Morgan fingerprint density at radius 3 is 2.46 bits per heavy atom. The number of aromatic nitrogens is 1. The summed E-state index contributed by atoms with van der Waals surface area (Å²) in [4.78, 5) is 14.6. The molecule has 8 heteroatoms. The van der Waals surface area contributed by atoms with Crippen molar-refractivity contribution in [3.05, 3.63) is 48.3 Å². The zero-order chi connectivity index (χ0) is 18.3. The van der Waals surface area contributed by atoms with Crippen LogP contribution in [0.15, 0.2) is 47.5 Å². The number of amides is 1. The molecule has 0 bridgehead atoms. The number of rotatable bonds is 4. The second-order valence-electron chi connectivity index (χ2n) is 6.59. The van der Waals surface area contributed by atoms with Gasteiger partial charge in [0.05, 0.1) is 13.7 Å². The van der Waals surface area contributed by atoms with Crippen molar-refractivity contribution in [1.82, 2.24) is 13.8 Å². The van der Waals surface area contributed by atoms with Gasteiger partial charge in [0, 0.05) is 31.0 Å². The van der Waals surface area contributed by atoms with Gasteiger partial charge in [-0.05, 0) is 49.2 Å². The van der Waals surface area contributed by atoms with Gasteiger partial charge in [-0.25, -0.2) is 4.79 Å². The van der Waals surface area contributed by atoms with E-state index in [9.17, 15) is 13.6 Å². The van der Waals surface area contributed by atoms with E-state index < -0.39 is 10.4 Å². The molecule has 1 amide bonds. The molecule has 138 valence electrons. The molecular formula is C18H21N3O4S. The first-order valence-electron chi connectivity index (χ1n) is 8.62. The van der Waals surface area contributed by atoms with Crippen LogP contribution in [0.3, 0.4) is 0 Å². The van der Waals surface area contributed by atoms with Crippen LogP contribution < -0.4 is 4.74 Å². The number of fused-ring (bicyclic) bond motifs is 1. The number of carbonyl (C=O) groups excluding carboxylic acids is 1. The Bertz CT molecular complexity index is 856. The molecule has 1 atom stereocenters. The van der Waals surface area contributed by atoms with Gasteiger partial charge in [0.15, 0.2) is 15.3 Å². The molecule has 1 aromatic carbocycles. The van der Waals surface area contributed by atoms with Crippen molar-refractivity contribution in [2.45, 2.75) is 30.3 Å². The molecule has 2 aliphatic heterocycles. The number of ether oxygens (including phenoxy) is 1. The molecule has 3 heterocycles. The standard InChI is InChI=1S/C18H21N3O4S/c1-25-16-4-6-17(7-5-16)26(23,24)19-11-8-14(9-12-19)21-13-15-3-2-10-20(15)18(21)22/h2-7,10,14H,8-9,11-13H2,1H3. The number of hydrogen-bond acceptors (Lipinski definition) is 4. The third-order valence-corrected chi connectivity index (χ3v) is 7.09. The third kappa shape index (κ3) is 2.84. The van der Waals surface area contributed by atoms with E-state index >= 15 is 0 Å². The fourth-order valence-electron chi connectivity index (χ4n) is 3.69. The number of benzene rings is 1. The van der Waals surface area contributed by atoms with Gasteiger partial charge >= 0.3 is 6.03 Å². The van der Waals surface area contributed by atoms with Crippen LogP contribution >= 0.6 is 0 Å². The van der Waals surface area contributed by atoms with Gasteiger partial charge in [-0.15, -0.1) is 4.31 Å². The van der Waals surface area contributed by atoms with Crippen LogP contribution in [-0.2, 0) is 21.2 Å². The molecule has 0 radical (unpaired) electrons. The predicted octanol–water partition coefficient (Wildman–Crippen LogP) is 2.35. The van der Waals surface area contributed by atoms with Gasteiger partial charge in [-0.3, -0.25) is 4.57 Å². The lowest BCUT2D eigenvalue weighted by Gasteiger charge is -2.36. The Morgan fingerprint density at radius 2 is 1.85 bits per heavy atom. The van der Waals surface area contributed by atoms with Gasteiger partial charge in [-0.1, -0.05) is 4.21 Å². The smallest absolute Gasteiger partial charge is 0.329 e. The second-order valence-corrected chi connectivity index (χ2v) is 8.53. The number of hydrogen-bond donors (Lipinski definition) is 0. The third-order valence-electron chi connectivity index (χ3n) is 5.18. The molecule has 1 aromatic heterocycles. The van der Waals surface area contributed by atoms with Crippen molar-refractivity contribution in [3.63, 3.8) is 0 Å². The van der Waals surface area contributed by atoms with Crippen molar-refractivity contribution < 1.29 is 18.3 Å². The summed E-state index contributed by atoms with van der Waals surface area (Å²) in [5.41, 5.74) is 0.989. The van der Waals surface area contributed by atoms with Crippen molar-refractivity contribution in [2.75, 3.05) is 20.2 Å². The minimum Gasteiger partial charge on any atom is -0.593 e. The zero-order valence-corrected chi connectivity index (χ0v) is 15.4. The molecule has 7 nitrogen and oxygen atoms in total. The lowest BCUT2D eigenvalue weighted by Crippen LogP contribution is -2.48. The maximum atomic E-state index is 12.8. The molecular weight excluding hydrogens is 354 g/mol. The minimum atomic E-state index is -3.52. The maximum absolute atomic E-state index is 12.8. The first-order valence-corrected chi connectivity index (χ1v) is 10.1. The first kappa shape index (κ1) is 17.3. The monoisotopic (exact) mass is 375 g/mol. The molecule has 1 fully saturated rings. The van der Waals surface area contributed by atoms with Crippen LogP contribution in [0.1, 0.15) is 18.5 Å². The normalized spacial score (nSPS) is 20.8. The molecule has 0 aliphatic carbocycles. The maximum Gasteiger partial charge on any atom is 0.329 e. The number of nitrogens with zero attached hydrogens (tertiary/aromatic N) is 3. The fourth-order valence-corrected chi connectivity index (χ4v) is 5.16. The SMILES string of the molecule is COc1ccc([S+](=O)([O-])N2CCC(N3Cc4cccn4C3=O)CC2)cc1. The lowest BCUT2D eigenvalue weighted by atomic mass is 10.1. The summed E-state index contributed by atoms with van der Waals surface area (Å²) < 4.78 is 33.9. The number of carbonyl (C=O) groups is 1. The molecule has 4 rings (SSSR count). The number of sulfonamides is 1. The van der Waals surface area contributed by atoms with E-state index in [-0.39, 0.29) is 17.0 Å². The van der Waals surface area contributed by atoms with E-state index in [0.29, 0.717) is 38.2 Å². The van der Waals surface area contributed by atoms with Crippen molar-refractivity contribution in [2.24, 2.45) is 0 Å². The lowest BCUT2D eigenvalue weighted by molar-refractivity contribution is 0.152. The van der Waals surface area contributed by atoms with Crippen LogP contribution in [0.2, 0.25) is 0 Å². The van der Waals surface area contributed by atoms with Gasteiger partial charge in [0.25, 0.3) is 0 Å². The average Bonchev–Trinajstić information content (AvgIpc) is 3.25. The molecule has 2 aromatic rings. The highest BCUT2D eigenvalue weighted by molar-refractivity contribution is 7.95. The summed E-state index contributed by atoms with van der Waals surface area (Å²) in [6.07, 6.45) is 3.07. The summed E-state index contributed by atoms with van der Waals surface area (Å²) in [5.74, 6) is 0.624. The summed E-state index contributed by atoms with van der Waals surface area (Å²) in [6, 6.07) is 10.3. The van der Waals surface area contributed by atoms with Crippen molar-refractivity contribution in [1.29, 1.82) is 0 Å². The Hall–Kier alpha value is -2.16. The van der Waals surface area contributed by atoms with E-state index in [1.165, 1.54) is 4.31 Å². The summed E-state index contributed by atoms with van der Waals surface area (Å²) in [7, 11) is -1.98. The molecule has 0 N–H and O–H groups in total. The summed E-state index contributed by atoms with van der Waals surface area (Å²) in [6.45, 7) is 1.43. The van der Waals surface area contributed by atoms with Gasteiger partial charge in [-0.2, -0.15) is 0 Å². The second kappa shape index (κ2) is 6.53. The fraction of sp³-hybridized carbons (Fsp3) is 0.389. The van der Waals surface area contributed by atoms with Gasteiger partial charge in [0.2, 0.25) is 0 Å². The average molecular weight is 375 g/mol. The Labute approximate surface area is 153 Å². The molecule has 1 unspecified atom stereocenters. The van der Waals surface area contributed by atoms with E-state index in [1.807, 2.05) is 17.0 Å². The molecule has 26 heavy (non-hydrogen) atoms. The topological polar surface area (TPSA) is 77.8 Å². The Balaban J connectivity index is 1.42. The van der Waals surface area contributed by atoms with Crippen LogP contribution in [0.4, 0.5) is 4.79 Å². The van der Waals surface area contributed by atoms with E-state index in [2.05, 4.69) is 0 Å². The van der Waals surface area contributed by atoms with E-state index in [0.717, 1.165) is 5.69 Å². The first-order chi connectivity index (χ1) is 12.5. The van der Waals surface area contributed by atoms with E-state index in [1.54, 1.807) is 42.1 Å². The minimum absolute atomic E-state index is 0.0125. The van der Waals surface area contributed by atoms with Gasteiger partial charge < -0.3 is 14.2 Å². The Kier molecular flexibility index (Phi) is 4.34. The number of piperidine rings is 1. The highest BCUT2D eigenvalue weighted by Crippen LogP contribution is 2.30. The highest BCUT2D eigenvalue weighted by Gasteiger charge is 2.39. The van der Waals surface area contributed by atoms with E-state index in [4.69, 9.17) is 4.74 Å². The zero-order valence-electron chi connectivity index (χ0n) is 14.5. The Morgan fingerprint density at radius 1 is 1.15 bits per heavy atom. The highest BCUT2D eigenvalue weighted by atomic mass is 32.3. The molecule has 0 spiro atoms. The van der Waals surface area contributed by atoms with Crippen molar-refractivity contribution >= 4 is 16.4 Å². The van der Waals surface area contributed by atoms with Gasteiger partial charge in [0.1, 0.15) is 5.75 Å². The van der Waals surface area contributed by atoms with Crippen LogP contribution in [0.5, 0.6) is 5.75 Å². The summed E-state index contributed by atoms with van der Waals surface area (Å²) in [5, 5.41) is 0. The summed E-state index contributed by atoms with van der Waals surface area (Å²) >= 11 is 0. The van der Waals surface area contributed by atoms with Crippen LogP contribution in [-0.4, -0.2) is 50.6 Å². The molecule has 1 saturated heterocycles. The quantitative estimate of drug-likeness (QED) is 0.769. The number of methoxy groups -OCH3 is 1. The largest absolute Gasteiger partial charge is 0.593 e. The molecule has 2 aliphatic rings. The predicted molar refractivity (Wildman–Crippen MR) is 95.5 cm³/mol. The van der Waals surface area contributed by atoms with Crippen LogP contribution in [0.25, 0.3) is 0 Å². The van der Waals surface area contributed by atoms with Crippen LogP contribution in [0, 0.1) is 0 Å². The van der Waals surface area contributed by atoms with Crippen molar-refractivity contribution in [3.8, 4) is 5.75 Å².